The highest BCUT2D eigenvalue weighted by Crippen LogP contribution is 2.27. The minimum atomic E-state index is -0.703. The first kappa shape index (κ1) is 12.5. The number of halogens is 1. The molecule has 0 radical (unpaired) electrons. The van der Waals surface area contributed by atoms with E-state index < -0.39 is 10.8 Å². The molecule has 1 unspecified atom stereocenters. The molecule has 3 nitrogen and oxygen atoms in total. The number of hydrogen-bond acceptors (Lipinski definition) is 3. The van der Waals surface area contributed by atoms with Gasteiger partial charge in [0.05, 0.1) is 0 Å². The van der Waals surface area contributed by atoms with Gasteiger partial charge in [0.15, 0.2) is 0 Å². The Labute approximate surface area is 103 Å². The standard InChI is InChI=1S/C12H17FN2OS/c1-9(14)11-8-10(13)2-3-12(11)15-4-6-17(16)7-5-15/h2-3,8-9H,4-7,14H2,1H3. The van der Waals surface area contributed by atoms with Crippen LogP contribution in [0.1, 0.15) is 18.5 Å². The predicted octanol–water partition coefficient (Wildman–Crippen LogP) is 1.41. The zero-order valence-corrected chi connectivity index (χ0v) is 10.7. The molecule has 1 aromatic carbocycles. The number of hydrogen-bond donors (Lipinski definition) is 1. The van der Waals surface area contributed by atoms with E-state index in [1.807, 2.05) is 6.92 Å². The van der Waals surface area contributed by atoms with Crippen molar-refractivity contribution in [3.63, 3.8) is 0 Å². The van der Waals surface area contributed by atoms with Crippen LogP contribution in [0.2, 0.25) is 0 Å². The lowest BCUT2D eigenvalue weighted by molar-refractivity contribution is 0.621. The number of nitrogens with zero attached hydrogens (tertiary/aromatic N) is 1. The highest BCUT2D eigenvalue weighted by molar-refractivity contribution is 7.85. The van der Waals surface area contributed by atoms with Crippen LogP contribution in [0, 0.1) is 5.82 Å². The Balaban J connectivity index is 2.28. The lowest BCUT2D eigenvalue weighted by Crippen LogP contribution is -2.38. The summed E-state index contributed by atoms with van der Waals surface area (Å²) < 4.78 is 24.5. The van der Waals surface area contributed by atoms with E-state index in [-0.39, 0.29) is 11.9 Å². The second-order valence-electron chi connectivity index (χ2n) is 4.33. The van der Waals surface area contributed by atoms with E-state index in [4.69, 9.17) is 5.73 Å². The number of nitrogens with two attached hydrogens (primary N) is 1. The van der Waals surface area contributed by atoms with Gasteiger partial charge in [0.25, 0.3) is 0 Å². The van der Waals surface area contributed by atoms with Crippen LogP contribution in [0.3, 0.4) is 0 Å². The summed E-state index contributed by atoms with van der Waals surface area (Å²) in [6.45, 7) is 3.34. The van der Waals surface area contributed by atoms with Crippen molar-refractivity contribution in [2.45, 2.75) is 13.0 Å². The molecule has 94 valence electrons. The maximum atomic E-state index is 13.2. The van der Waals surface area contributed by atoms with Crippen molar-refractivity contribution in [1.29, 1.82) is 0 Å². The van der Waals surface area contributed by atoms with Crippen molar-refractivity contribution in [3.05, 3.63) is 29.6 Å². The zero-order chi connectivity index (χ0) is 12.4. The Morgan fingerprint density at radius 1 is 1.41 bits per heavy atom. The van der Waals surface area contributed by atoms with E-state index in [2.05, 4.69) is 4.90 Å². The molecule has 1 saturated heterocycles. The van der Waals surface area contributed by atoms with Crippen molar-refractivity contribution < 1.29 is 8.60 Å². The normalized spacial score (nSPS) is 19.4. The van der Waals surface area contributed by atoms with Gasteiger partial charge < -0.3 is 10.6 Å². The molecule has 0 spiro atoms. The monoisotopic (exact) mass is 256 g/mol. The van der Waals surface area contributed by atoms with Gasteiger partial charge in [0, 0.05) is 47.1 Å². The van der Waals surface area contributed by atoms with Crippen LogP contribution < -0.4 is 10.6 Å². The molecule has 5 heteroatoms. The fraction of sp³-hybridized carbons (Fsp3) is 0.500. The fourth-order valence-corrected chi connectivity index (χ4v) is 3.11. The van der Waals surface area contributed by atoms with Crippen LogP contribution in [-0.2, 0) is 10.8 Å². The first-order chi connectivity index (χ1) is 8.08. The molecule has 1 fully saturated rings. The van der Waals surface area contributed by atoms with E-state index in [1.165, 1.54) is 12.1 Å². The Kier molecular flexibility index (Phi) is 3.79. The van der Waals surface area contributed by atoms with Crippen molar-refractivity contribution in [3.8, 4) is 0 Å². The summed E-state index contributed by atoms with van der Waals surface area (Å²) in [6, 6.07) is 4.51. The largest absolute Gasteiger partial charge is 0.369 e. The average Bonchev–Trinajstić information content (AvgIpc) is 2.30. The van der Waals surface area contributed by atoms with Crippen molar-refractivity contribution in [1.82, 2.24) is 0 Å². The number of rotatable bonds is 2. The van der Waals surface area contributed by atoms with Crippen molar-refractivity contribution in [2.75, 3.05) is 29.5 Å². The molecular weight excluding hydrogens is 239 g/mol. The average molecular weight is 256 g/mol. The highest BCUT2D eigenvalue weighted by atomic mass is 32.2. The number of benzene rings is 1. The van der Waals surface area contributed by atoms with E-state index in [9.17, 15) is 8.60 Å². The lowest BCUT2D eigenvalue weighted by atomic mass is 10.1. The third-order valence-electron chi connectivity index (χ3n) is 3.00. The molecule has 1 aliphatic heterocycles. The molecule has 2 rings (SSSR count). The maximum Gasteiger partial charge on any atom is 0.123 e. The molecule has 0 saturated carbocycles. The molecule has 1 aliphatic rings. The lowest BCUT2D eigenvalue weighted by Gasteiger charge is -2.31. The fourth-order valence-electron chi connectivity index (χ4n) is 2.06. The Morgan fingerprint density at radius 2 is 2.06 bits per heavy atom. The highest BCUT2D eigenvalue weighted by Gasteiger charge is 2.19. The van der Waals surface area contributed by atoms with Crippen LogP contribution in [0.15, 0.2) is 18.2 Å². The smallest absolute Gasteiger partial charge is 0.123 e. The summed E-state index contributed by atoms with van der Waals surface area (Å²) in [5.74, 6) is 1.09. The van der Waals surface area contributed by atoms with E-state index in [1.54, 1.807) is 6.07 Å². The van der Waals surface area contributed by atoms with Gasteiger partial charge in [0.1, 0.15) is 5.82 Å². The van der Waals surface area contributed by atoms with Gasteiger partial charge in [-0.05, 0) is 30.7 Å². The van der Waals surface area contributed by atoms with Gasteiger partial charge >= 0.3 is 0 Å². The van der Waals surface area contributed by atoms with Crippen LogP contribution in [-0.4, -0.2) is 28.8 Å². The first-order valence-corrected chi connectivity index (χ1v) is 7.21. The van der Waals surface area contributed by atoms with Crippen LogP contribution in [0.25, 0.3) is 0 Å². The van der Waals surface area contributed by atoms with Gasteiger partial charge in [-0.25, -0.2) is 4.39 Å². The molecular formula is C12H17FN2OS. The predicted molar refractivity (Wildman–Crippen MR) is 69.1 cm³/mol. The minimum absolute atomic E-state index is 0.201. The SMILES string of the molecule is CC(N)c1cc(F)ccc1N1CCS(=O)CC1. The maximum absolute atomic E-state index is 13.2. The van der Waals surface area contributed by atoms with Gasteiger partial charge in [-0.1, -0.05) is 0 Å². The van der Waals surface area contributed by atoms with Crippen LogP contribution >= 0.6 is 0 Å². The van der Waals surface area contributed by atoms with E-state index in [0.29, 0.717) is 11.5 Å². The topological polar surface area (TPSA) is 46.3 Å². The minimum Gasteiger partial charge on any atom is -0.369 e. The van der Waals surface area contributed by atoms with Gasteiger partial charge in [-0.2, -0.15) is 0 Å². The molecule has 1 heterocycles. The van der Waals surface area contributed by atoms with E-state index >= 15 is 0 Å². The molecule has 17 heavy (non-hydrogen) atoms. The first-order valence-electron chi connectivity index (χ1n) is 5.73. The zero-order valence-electron chi connectivity index (χ0n) is 9.86. The molecule has 2 N–H and O–H groups in total. The van der Waals surface area contributed by atoms with Gasteiger partial charge in [-0.15, -0.1) is 0 Å². The van der Waals surface area contributed by atoms with Gasteiger partial charge in [-0.3, -0.25) is 4.21 Å². The molecule has 1 aromatic rings. The summed E-state index contributed by atoms with van der Waals surface area (Å²) in [7, 11) is -0.703. The quantitative estimate of drug-likeness (QED) is 0.870. The summed E-state index contributed by atoms with van der Waals surface area (Å²) in [5.41, 5.74) is 7.65. The van der Waals surface area contributed by atoms with Crippen molar-refractivity contribution >= 4 is 16.5 Å². The molecule has 0 bridgehead atoms. The summed E-state index contributed by atoms with van der Waals surface area (Å²) in [5, 5.41) is 0. The van der Waals surface area contributed by atoms with Gasteiger partial charge in [0.2, 0.25) is 0 Å². The number of anilines is 1. The Bertz CT molecular complexity index is 427. The summed E-state index contributed by atoms with van der Waals surface area (Å²) in [4.78, 5) is 2.14. The summed E-state index contributed by atoms with van der Waals surface area (Å²) >= 11 is 0. The Hall–Kier alpha value is -0.940. The third-order valence-corrected chi connectivity index (χ3v) is 4.27. The molecule has 0 aromatic heterocycles. The Morgan fingerprint density at radius 3 is 2.65 bits per heavy atom. The van der Waals surface area contributed by atoms with Crippen LogP contribution in [0.5, 0.6) is 0 Å². The van der Waals surface area contributed by atoms with Crippen molar-refractivity contribution in [2.24, 2.45) is 5.73 Å². The second-order valence-corrected chi connectivity index (χ2v) is 6.02. The molecule has 1 atom stereocenters. The summed E-state index contributed by atoms with van der Waals surface area (Å²) in [6.07, 6.45) is 0. The second kappa shape index (κ2) is 5.14. The van der Waals surface area contributed by atoms with Crippen LogP contribution in [0.4, 0.5) is 10.1 Å². The molecule has 0 aliphatic carbocycles. The molecule has 0 amide bonds. The van der Waals surface area contributed by atoms with E-state index in [0.717, 1.165) is 24.3 Å². The third kappa shape index (κ3) is 2.84.